The lowest BCUT2D eigenvalue weighted by atomic mass is 10.0. The van der Waals surface area contributed by atoms with Gasteiger partial charge in [0, 0.05) is 6.04 Å². The Labute approximate surface area is 93.3 Å². The number of aliphatic carboxylic acids is 1. The molecule has 0 saturated carbocycles. The topological polar surface area (TPSA) is 49.3 Å². The highest BCUT2D eigenvalue weighted by Gasteiger charge is 2.20. The highest BCUT2D eigenvalue weighted by atomic mass is 16.4. The Bertz CT molecular complexity index is 190. The van der Waals surface area contributed by atoms with E-state index in [0.717, 1.165) is 6.42 Å². The third kappa shape index (κ3) is 7.37. The van der Waals surface area contributed by atoms with E-state index in [4.69, 9.17) is 5.11 Å². The summed E-state index contributed by atoms with van der Waals surface area (Å²) < 4.78 is 0. The predicted molar refractivity (Wildman–Crippen MR) is 62.9 cm³/mol. The van der Waals surface area contributed by atoms with Gasteiger partial charge in [-0.05, 0) is 31.6 Å². The van der Waals surface area contributed by atoms with Crippen LogP contribution in [0, 0.1) is 11.8 Å². The van der Waals surface area contributed by atoms with Gasteiger partial charge in [0.2, 0.25) is 0 Å². The van der Waals surface area contributed by atoms with Crippen molar-refractivity contribution in [3.8, 4) is 0 Å². The Morgan fingerprint density at radius 1 is 1.07 bits per heavy atom. The van der Waals surface area contributed by atoms with Gasteiger partial charge in [0.25, 0.3) is 0 Å². The SMILES string of the molecule is CC(C)CC(C)NC(CC(C)C)C(=O)O. The Morgan fingerprint density at radius 3 is 1.87 bits per heavy atom. The van der Waals surface area contributed by atoms with Crippen LogP contribution in [0.5, 0.6) is 0 Å². The Morgan fingerprint density at radius 2 is 1.53 bits per heavy atom. The number of carboxylic acid groups (broad SMARTS) is 1. The van der Waals surface area contributed by atoms with Crippen LogP contribution in [0.25, 0.3) is 0 Å². The zero-order valence-electron chi connectivity index (χ0n) is 10.6. The molecule has 0 aromatic heterocycles. The molecule has 0 spiro atoms. The summed E-state index contributed by atoms with van der Waals surface area (Å²) in [5, 5.41) is 12.2. The first-order valence-corrected chi connectivity index (χ1v) is 5.81. The molecule has 2 unspecified atom stereocenters. The van der Waals surface area contributed by atoms with Crippen LogP contribution in [0.15, 0.2) is 0 Å². The van der Waals surface area contributed by atoms with Gasteiger partial charge in [-0.2, -0.15) is 0 Å². The van der Waals surface area contributed by atoms with Crippen molar-refractivity contribution in [1.82, 2.24) is 5.32 Å². The number of rotatable bonds is 7. The number of carboxylic acids is 1. The van der Waals surface area contributed by atoms with Crippen LogP contribution in [0.2, 0.25) is 0 Å². The summed E-state index contributed by atoms with van der Waals surface area (Å²) in [5.74, 6) is 0.269. The minimum Gasteiger partial charge on any atom is -0.480 e. The summed E-state index contributed by atoms with van der Waals surface area (Å²) in [6.45, 7) is 10.4. The van der Waals surface area contributed by atoms with Crippen molar-refractivity contribution in [1.29, 1.82) is 0 Å². The van der Waals surface area contributed by atoms with E-state index in [9.17, 15) is 4.79 Å². The van der Waals surface area contributed by atoms with Gasteiger partial charge < -0.3 is 10.4 Å². The lowest BCUT2D eigenvalue weighted by molar-refractivity contribution is -0.140. The molecule has 15 heavy (non-hydrogen) atoms. The van der Waals surface area contributed by atoms with Gasteiger partial charge in [-0.3, -0.25) is 4.79 Å². The van der Waals surface area contributed by atoms with Crippen LogP contribution in [-0.4, -0.2) is 23.2 Å². The minimum absolute atomic E-state index is 0.268. The Balaban J connectivity index is 4.10. The molecular formula is C12H25NO2. The smallest absolute Gasteiger partial charge is 0.320 e. The molecule has 0 aliphatic rings. The van der Waals surface area contributed by atoms with E-state index in [1.54, 1.807) is 0 Å². The largest absolute Gasteiger partial charge is 0.480 e. The van der Waals surface area contributed by atoms with Gasteiger partial charge in [-0.25, -0.2) is 0 Å². The molecule has 0 rings (SSSR count). The van der Waals surface area contributed by atoms with E-state index >= 15 is 0 Å². The molecular weight excluding hydrogens is 190 g/mol. The number of nitrogens with one attached hydrogen (secondary N) is 1. The molecule has 0 heterocycles. The van der Waals surface area contributed by atoms with Crippen molar-refractivity contribution in [2.45, 2.75) is 59.5 Å². The lowest BCUT2D eigenvalue weighted by Crippen LogP contribution is -2.43. The summed E-state index contributed by atoms with van der Waals surface area (Å²) in [6.07, 6.45) is 1.71. The van der Waals surface area contributed by atoms with Crippen LogP contribution in [0.3, 0.4) is 0 Å². The molecule has 2 N–H and O–H groups in total. The fourth-order valence-corrected chi connectivity index (χ4v) is 1.83. The molecule has 0 saturated heterocycles. The first-order valence-electron chi connectivity index (χ1n) is 5.81. The third-order valence-electron chi connectivity index (χ3n) is 2.32. The van der Waals surface area contributed by atoms with Gasteiger partial charge in [0.15, 0.2) is 0 Å². The van der Waals surface area contributed by atoms with E-state index in [1.807, 2.05) is 13.8 Å². The monoisotopic (exact) mass is 215 g/mol. The third-order valence-corrected chi connectivity index (χ3v) is 2.32. The molecule has 0 bridgehead atoms. The van der Waals surface area contributed by atoms with Crippen LogP contribution >= 0.6 is 0 Å². The highest BCUT2D eigenvalue weighted by molar-refractivity contribution is 5.73. The zero-order chi connectivity index (χ0) is 12.0. The van der Waals surface area contributed by atoms with Crippen molar-refractivity contribution in [2.75, 3.05) is 0 Å². The summed E-state index contributed by atoms with van der Waals surface area (Å²) in [5.41, 5.74) is 0. The average molecular weight is 215 g/mol. The van der Waals surface area contributed by atoms with Crippen molar-refractivity contribution in [2.24, 2.45) is 11.8 Å². The predicted octanol–water partition coefficient (Wildman–Crippen LogP) is 2.51. The second-order valence-corrected chi connectivity index (χ2v) is 5.22. The van der Waals surface area contributed by atoms with Crippen molar-refractivity contribution in [3.63, 3.8) is 0 Å². The van der Waals surface area contributed by atoms with E-state index in [0.29, 0.717) is 18.3 Å². The molecule has 3 nitrogen and oxygen atoms in total. The normalized spacial score (nSPS) is 15.7. The van der Waals surface area contributed by atoms with Gasteiger partial charge in [0.1, 0.15) is 6.04 Å². The molecule has 0 aromatic carbocycles. The van der Waals surface area contributed by atoms with Crippen molar-refractivity contribution < 1.29 is 9.90 Å². The average Bonchev–Trinajstić information content (AvgIpc) is 1.99. The van der Waals surface area contributed by atoms with E-state index < -0.39 is 12.0 Å². The first-order chi connectivity index (χ1) is 6.82. The Hall–Kier alpha value is -0.570. The standard InChI is InChI=1S/C12H25NO2/c1-8(2)6-10(5)13-11(12(14)15)7-9(3)4/h8-11,13H,6-7H2,1-5H3,(H,14,15). The summed E-state index contributed by atoms with van der Waals surface area (Å²) in [4.78, 5) is 11.0. The Kier molecular flexibility index (Phi) is 6.57. The van der Waals surface area contributed by atoms with Gasteiger partial charge >= 0.3 is 5.97 Å². The number of hydrogen-bond acceptors (Lipinski definition) is 2. The zero-order valence-corrected chi connectivity index (χ0v) is 10.6. The highest BCUT2D eigenvalue weighted by Crippen LogP contribution is 2.09. The molecule has 3 heteroatoms. The van der Waals surface area contributed by atoms with E-state index in [-0.39, 0.29) is 6.04 Å². The summed E-state index contributed by atoms with van der Waals surface area (Å²) in [7, 11) is 0. The van der Waals surface area contributed by atoms with Crippen LogP contribution < -0.4 is 5.32 Å². The van der Waals surface area contributed by atoms with Gasteiger partial charge in [0.05, 0.1) is 0 Å². The van der Waals surface area contributed by atoms with Crippen molar-refractivity contribution in [3.05, 3.63) is 0 Å². The van der Waals surface area contributed by atoms with Crippen LogP contribution in [0.4, 0.5) is 0 Å². The molecule has 2 atom stereocenters. The molecule has 0 aliphatic carbocycles. The summed E-state index contributed by atoms with van der Waals surface area (Å²) >= 11 is 0. The molecule has 0 aliphatic heterocycles. The summed E-state index contributed by atoms with van der Waals surface area (Å²) in [6, 6.07) is -0.136. The van der Waals surface area contributed by atoms with Crippen LogP contribution in [0.1, 0.15) is 47.5 Å². The number of carbonyl (C=O) groups is 1. The first kappa shape index (κ1) is 14.4. The van der Waals surface area contributed by atoms with Crippen molar-refractivity contribution >= 4 is 5.97 Å². The molecule has 0 radical (unpaired) electrons. The fourth-order valence-electron chi connectivity index (χ4n) is 1.83. The molecule has 0 amide bonds. The minimum atomic E-state index is -0.737. The molecule has 0 fully saturated rings. The second kappa shape index (κ2) is 6.83. The fraction of sp³-hybridized carbons (Fsp3) is 0.917. The lowest BCUT2D eigenvalue weighted by Gasteiger charge is -2.22. The maximum atomic E-state index is 11.0. The quantitative estimate of drug-likeness (QED) is 0.686. The van der Waals surface area contributed by atoms with E-state index in [2.05, 4.69) is 26.1 Å². The maximum absolute atomic E-state index is 11.0. The number of hydrogen-bond donors (Lipinski definition) is 2. The molecule has 90 valence electrons. The van der Waals surface area contributed by atoms with Crippen LogP contribution in [-0.2, 0) is 4.79 Å². The van der Waals surface area contributed by atoms with Gasteiger partial charge in [-0.1, -0.05) is 27.7 Å². The maximum Gasteiger partial charge on any atom is 0.320 e. The molecule has 0 aromatic rings. The second-order valence-electron chi connectivity index (χ2n) is 5.22. The van der Waals surface area contributed by atoms with Gasteiger partial charge in [-0.15, -0.1) is 0 Å². The van der Waals surface area contributed by atoms with E-state index in [1.165, 1.54) is 0 Å².